The lowest BCUT2D eigenvalue weighted by atomic mass is 10.2. The van der Waals surface area contributed by atoms with E-state index >= 15 is 0 Å². The molecule has 1 saturated heterocycles. The van der Waals surface area contributed by atoms with E-state index in [9.17, 15) is 22.8 Å². The average molecular weight is 408 g/mol. The molecule has 0 radical (unpaired) electrons. The van der Waals surface area contributed by atoms with Crippen molar-refractivity contribution in [3.05, 3.63) is 64.6 Å². The van der Waals surface area contributed by atoms with Gasteiger partial charge in [-0.3, -0.25) is 14.5 Å². The van der Waals surface area contributed by atoms with Crippen LogP contribution in [0.4, 0.5) is 23.7 Å². The molecule has 1 fully saturated rings. The fourth-order valence-electron chi connectivity index (χ4n) is 2.46. The van der Waals surface area contributed by atoms with Crippen LogP contribution in [0.3, 0.4) is 0 Å². The lowest BCUT2D eigenvalue weighted by Crippen LogP contribution is -2.33. The third-order valence-corrected chi connectivity index (χ3v) is 4.83. The van der Waals surface area contributed by atoms with Crippen molar-refractivity contribution in [3.8, 4) is 5.75 Å². The Hall–Kier alpha value is -2.94. The first-order chi connectivity index (χ1) is 13.3. The van der Waals surface area contributed by atoms with Gasteiger partial charge in [-0.25, -0.2) is 0 Å². The van der Waals surface area contributed by atoms with Gasteiger partial charge < -0.3 is 10.1 Å². The SMILES string of the molecule is COc1ccc(/C=C2/SC(=O)N(CNc3cccc(C(F)(F)F)c3)C2=O)cc1. The van der Waals surface area contributed by atoms with Crippen LogP contribution < -0.4 is 10.1 Å². The van der Waals surface area contributed by atoms with Crippen molar-refractivity contribution in [1.82, 2.24) is 4.90 Å². The zero-order valence-electron chi connectivity index (χ0n) is 14.6. The molecule has 0 aliphatic carbocycles. The first-order valence-electron chi connectivity index (χ1n) is 8.08. The summed E-state index contributed by atoms with van der Waals surface area (Å²) in [7, 11) is 1.54. The van der Waals surface area contributed by atoms with E-state index in [1.165, 1.54) is 19.2 Å². The Labute approximate surface area is 163 Å². The van der Waals surface area contributed by atoms with Crippen molar-refractivity contribution in [2.24, 2.45) is 0 Å². The molecule has 2 aromatic rings. The summed E-state index contributed by atoms with van der Waals surface area (Å²) in [5.74, 6) is 0.154. The number of imide groups is 1. The molecule has 1 N–H and O–H groups in total. The fraction of sp³-hybridized carbons (Fsp3) is 0.158. The molecule has 9 heteroatoms. The number of ether oxygens (including phenoxy) is 1. The number of nitrogens with one attached hydrogen (secondary N) is 1. The summed E-state index contributed by atoms with van der Waals surface area (Å²) in [6.07, 6.45) is -2.89. The van der Waals surface area contributed by atoms with Gasteiger partial charge in [0.05, 0.1) is 24.2 Å². The highest BCUT2D eigenvalue weighted by molar-refractivity contribution is 8.18. The van der Waals surface area contributed by atoms with Gasteiger partial charge in [0.15, 0.2) is 0 Å². The van der Waals surface area contributed by atoms with Crippen LogP contribution in [-0.2, 0) is 11.0 Å². The number of benzene rings is 2. The number of rotatable bonds is 5. The van der Waals surface area contributed by atoms with Gasteiger partial charge in [0.2, 0.25) is 0 Å². The van der Waals surface area contributed by atoms with Gasteiger partial charge in [0.25, 0.3) is 11.1 Å². The maximum absolute atomic E-state index is 12.8. The number of carbonyl (C=O) groups excluding carboxylic acids is 2. The van der Waals surface area contributed by atoms with Crippen LogP contribution >= 0.6 is 11.8 Å². The number of carbonyl (C=O) groups is 2. The van der Waals surface area contributed by atoms with Gasteiger partial charge >= 0.3 is 6.18 Å². The Bertz CT molecular complexity index is 927. The Morgan fingerprint density at radius 2 is 1.86 bits per heavy atom. The Morgan fingerprint density at radius 1 is 1.14 bits per heavy atom. The van der Waals surface area contributed by atoms with Crippen LogP contribution in [0.15, 0.2) is 53.4 Å². The predicted molar refractivity (Wildman–Crippen MR) is 101 cm³/mol. The smallest absolute Gasteiger partial charge is 0.416 e. The molecule has 2 amide bonds. The third kappa shape index (κ3) is 4.48. The van der Waals surface area contributed by atoms with E-state index in [1.54, 1.807) is 30.3 Å². The number of amides is 2. The number of thioether (sulfide) groups is 1. The van der Waals surface area contributed by atoms with E-state index in [2.05, 4.69) is 5.32 Å². The Morgan fingerprint density at radius 3 is 2.50 bits per heavy atom. The zero-order valence-corrected chi connectivity index (χ0v) is 15.4. The second-order valence-corrected chi connectivity index (χ2v) is 6.79. The number of halogens is 3. The highest BCUT2D eigenvalue weighted by Crippen LogP contribution is 2.33. The van der Waals surface area contributed by atoms with Crippen molar-refractivity contribution in [3.63, 3.8) is 0 Å². The molecule has 3 rings (SSSR count). The minimum Gasteiger partial charge on any atom is -0.497 e. The topological polar surface area (TPSA) is 58.6 Å². The van der Waals surface area contributed by atoms with Crippen molar-refractivity contribution in [2.45, 2.75) is 6.18 Å². The van der Waals surface area contributed by atoms with Gasteiger partial charge in [-0.2, -0.15) is 13.2 Å². The van der Waals surface area contributed by atoms with Crippen LogP contribution in [0, 0.1) is 0 Å². The van der Waals surface area contributed by atoms with Crippen molar-refractivity contribution >= 4 is 34.7 Å². The molecule has 1 aliphatic rings. The second-order valence-electron chi connectivity index (χ2n) is 5.80. The normalized spacial score (nSPS) is 16.0. The number of alkyl halides is 3. The van der Waals surface area contributed by atoms with Crippen LogP contribution in [0.25, 0.3) is 6.08 Å². The molecule has 0 spiro atoms. The molecular weight excluding hydrogens is 393 g/mol. The molecule has 28 heavy (non-hydrogen) atoms. The number of nitrogens with zero attached hydrogens (tertiary/aromatic N) is 1. The number of hydrogen-bond acceptors (Lipinski definition) is 5. The predicted octanol–water partition coefficient (Wildman–Crippen LogP) is 4.82. The molecule has 0 aromatic heterocycles. The molecule has 0 bridgehead atoms. The van der Waals surface area contributed by atoms with Crippen molar-refractivity contribution in [2.75, 3.05) is 19.1 Å². The van der Waals surface area contributed by atoms with E-state index in [1.807, 2.05) is 0 Å². The summed E-state index contributed by atoms with van der Waals surface area (Å²) in [5.41, 5.74) is 0.0659. The molecule has 0 saturated carbocycles. The fourth-order valence-corrected chi connectivity index (χ4v) is 3.30. The van der Waals surface area contributed by atoms with Crippen molar-refractivity contribution < 1.29 is 27.5 Å². The van der Waals surface area contributed by atoms with E-state index in [-0.39, 0.29) is 17.3 Å². The maximum atomic E-state index is 12.8. The first kappa shape index (κ1) is 19.8. The number of anilines is 1. The van der Waals surface area contributed by atoms with Crippen LogP contribution in [0.1, 0.15) is 11.1 Å². The Kier molecular flexibility index (Phi) is 5.64. The number of hydrogen-bond donors (Lipinski definition) is 1. The van der Waals surface area contributed by atoms with E-state index < -0.39 is 22.9 Å². The lowest BCUT2D eigenvalue weighted by Gasteiger charge is -2.15. The highest BCUT2D eigenvalue weighted by atomic mass is 32.2. The van der Waals surface area contributed by atoms with Crippen LogP contribution in [-0.4, -0.2) is 29.8 Å². The van der Waals surface area contributed by atoms with Gasteiger partial charge in [-0.15, -0.1) is 0 Å². The molecule has 0 unspecified atom stereocenters. The molecule has 2 aromatic carbocycles. The Balaban J connectivity index is 1.69. The monoisotopic (exact) mass is 408 g/mol. The average Bonchev–Trinajstić information content (AvgIpc) is 2.93. The molecule has 146 valence electrons. The molecule has 1 aliphatic heterocycles. The summed E-state index contributed by atoms with van der Waals surface area (Å²) < 4.78 is 43.4. The quantitative estimate of drug-likeness (QED) is 0.719. The molecular formula is C19H15F3N2O3S. The van der Waals surface area contributed by atoms with E-state index in [0.29, 0.717) is 5.75 Å². The summed E-state index contributed by atoms with van der Waals surface area (Å²) in [5, 5.41) is 2.19. The van der Waals surface area contributed by atoms with Gasteiger partial charge in [0, 0.05) is 5.69 Å². The van der Waals surface area contributed by atoms with Crippen LogP contribution in [0.5, 0.6) is 5.75 Å². The van der Waals surface area contributed by atoms with Crippen molar-refractivity contribution in [1.29, 1.82) is 0 Å². The van der Waals surface area contributed by atoms with Gasteiger partial charge in [-0.1, -0.05) is 18.2 Å². The molecule has 0 atom stereocenters. The van der Waals surface area contributed by atoms with E-state index in [0.717, 1.165) is 34.4 Å². The largest absolute Gasteiger partial charge is 0.497 e. The standard InChI is InChI=1S/C19H15F3N2O3S/c1-27-15-7-5-12(6-8-15)9-16-17(25)24(18(26)28-16)11-23-14-4-2-3-13(10-14)19(20,21)22/h2-10,23H,11H2,1H3/b16-9+. The minimum absolute atomic E-state index is 0.160. The summed E-state index contributed by atoms with van der Waals surface area (Å²) >= 11 is 0.776. The first-order valence-corrected chi connectivity index (χ1v) is 8.90. The summed E-state index contributed by atoms with van der Waals surface area (Å²) in [4.78, 5) is 25.8. The number of methoxy groups -OCH3 is 1. The lowest BCUT2D eigenvalue weighted by molar-refractivity contribution is -0.137. The third-order valence-electron chi connectivity index (χ3n) is 3.92. The second kappa shape index (κ2) is 7.97. The maximum Gasteiger partial charge on any atom is 0.416 e. The molecule has 1 heterocycles. The minimum atomic E-state index is -4.47. The summed E-state index contributed by atoms with van der Waals surface area (Å²) in [6, 6.07) is 11.5. The summed E-state index contributed by atoms with van der Waals surface area (Å²) in [6.45, 7) is -0.230. The van der Waals surface area contributed by atoms with Crippen LogP contribution in [0.2, 0.25) is 0 Å². The van der Waals surface area contributed by atoms with Gasteiger partial charge in [0.1, 0.15) is 5.75 Å². The highest BCUT2D eigenvalue weighted by Gasteiger charge is 2.35. The van der Waals surface area contributed by atoms with Gasteiger partial charge in [-0.05, 0) is 53.7 Å². The molecule has 5 nitrogen and oxygen atoms in total. The zero-order chi connectivity index (χ0) is 20.3. The van der Waals surface area contributed by atoms with E-state index in [4.69, 9.17) is 4.74 Å².